The smallest absolute Gasteiger partial charge is 0.410 e. The lowest BCUT2D eigenvalue weighted by atomic mass is 9.93. The van der Waals surface area contributed by atoms with Crippen LogP contribution in [0.2, 0.25) is 0 Å². The summed E-state index contributed by atoms with van der Waals surface area (Å²) >= 11 is 0. The van der Waals surface area contributed by atoms with Crippen LogP contribution in [0.5, 0.6) is 0 Å². The zero-order valence-electron chi connectivity index (χ0n) is 15.0. The molecule has 25 heavy (non-hydrogen) atoms. The number of fused-ring (bicyclic) bond motifs is 1. The Morgan fingerprint density at radius 3 is 2.56 bits per heavy atom. The van der Waals surface area contributed by atoms with E-state index in [2.05, 4.69) is 4.98 Å². The van der Waals surface area contributed by atoms with E-state index in [0.29, 0.717) is 31.5 Å². The largest absolute Gasteiger partial charge is 0.464 e. The molecule has 0 aromatic carbocycles. The molecule has 1 atom stereocenters. The Kier molecular flexibility index (Phi) is 4.23. The van der Waals surface area contributed by atoms with Crippen LogP contribution < -0.4 is 0 Å². The van der Waals surface area contributed by atoms with E-state index in [1.165, 1.54) is 7.11 Å². The van der Waals surface area contributed by atoms with Crippen molar-refractivity contribution in [2.75, 3.05) is 7.11 Å². The minimum absolute atomic E-state index is 0.230. The molecular formula is C18H24N2O5. The van der Waals surface area contributed by atoms with Crippen LogP contribution in [0.15, 0.2) is 12.1 Å². The molecule has 1 aliphatic carbocycles. The lowest BCUT2D eigenvalue weighted by molar-refractivity contribution is -0.0199. The number of methoxy groups -OCH3 is 1. The molecule has 1 amide bonds. The first-order valence-electron chi connectivity index (χ1n) is 8.42. The number of hydrogen-bond donors (Lipinski definition) is 1. The Morgan fingerprint density at radius 1 is 1.32 bits per heavy atom. The lowest BCUT2D eigenvalue weighted by Gasteiger charge is -2.39. The minimum atomic E-state index is -0.905. The van der Waals surface area contributed by atoms with Gasteiger partial charge in [-0.1, -0.05) is 6.07 Å². The van der Waals surface area contributed by atoms with Crippen molar-refractivity contribution in [2.45, 2.75) is 63.8 Å². The normalized spacial score (nSPS) is 21.3. The van der Waals surface area contributed by atoms with Crippen LogP contribution in [-0.4, -0.2) is 51.4 Å². The second kappa shape index (κ2) is 5.98. The molecule has 2 aliphatic rings. The third-order valence-electron chi connectivity index (χ3n) is 4.58. The zero-order valence-corrected chi connectivity index (χ0v) is 15.0. The van der Waals surface area contributed by atoms with Crippen molar-refractivity contribution >= 4 is 12.1 Å². The van der Waals surface area contributed by atoms with E-state index in [1.54, 1.807) is 17.0 Å². The van der Waals surface area contributed by atoms with Crippen LogP contribution in [-0.2, 0) is 22.4 Å². The Morgan fingerprint density at radius 2 is 2.00 bits per heavy atom. The van der Waals surface area contributed by atoms with Gasteiger partial charge in [0.2, 0.25) is 0 Å². The Labute approximate surface area is 146 Å². The fraction of sp³-hybridized carbons (Fsp3) is 0.611. The predicted octanol–water partition coefficient (Wildman–Crippen LogP) is 2.05. The topological polar surface area (TPSA) is 89.0 Å². The van der Waals surface area contributed by atoms with Gasteiger partial charge in [0.05, 0.1) is 25.3 Å². The highest BCUT2D eigenvalue weighted by Gasteiger charge is 2.53. The molecule has 1 unspecified atom stereocenters. The molecule has 1 fully saturated rings. The molecule has 3 rings (SSSR count). The summed E-state index contributed by atoms with van der Waals surface area (Å²) in [6.45, 7) is 5.74. The Bertz CT molecular complexity index is 706. The molecule has 0 radical (unpaired) electrons. The molecule has 1 aliphatic heterocycles. The van der Waals surface area contributed by atoms with Gasteiger partial charge >= 0.3 is 12.1 Å². The third-order valence-corrected chi connectivity index (χ3v) is 4.58. The molecule has 0 bridgehead atoms. The number of nitrogens with zero attached hydrogens (tertiary/aromatic N) is 2. The van der Waals surface area contributed by atoms with E-state index in [9.17, 15) is 14.7 Å². The first-order valence-corrected chi connectivity index (χ1v) is 8.42. The van der Waals surface area contributed by atoms with Crippen LogP contribution in [0.3, 0.4) is 0 Å². The van der Waals surface area contributed by atoms with Gasteiger partial charge in [-0.25, -0.2) is 14.6 Å². The maximum absolute atomic E-state index is 12.6. The van der Waals surface area contributed by atoms with Gasteiger partial charge in [0.25, 0.3) is 0 Å². The molecule has 2 heterocycles. The fourth-order valence-electron chi connectivity index (χ4n) is 3.11. The van der Waals surface area contributed by atoms with Gasteiger partial charge in [-0.2, -0.15) is 0 Å². The number of carbonyl (C=O) groups is 2. The van der Waals surface area contributed by atoms with Crippen LogP contribution >= 0.6 is 0 Å². The number of pyridine rings is 1. The summed E-state index contributed by atoms with van der Waals surface area (Å²) in [6, 6.07) is 2.96. The highest BCUT2D eigenvalue weighted by molar-refractivity contribution is 5.87. The number of esters is 1. The number of amides is 1. The van der Waals surface area contributed by atoms with E-state index in [0.717, 1.165) is 5.56 Å². The molecule has 1 aromatic rings. The molecule has 1 N–H and O–H groups in total. The highest BCUT2D eigenvalue weighted by Crippen LogP contribution is 2.44. The van der Waals surface area contributed by atoms with Crippen LogP contribution in [0.4, 0.5) is 4.79 Å². The van der Waals surface area contributed by atoms with Crippen LogP contribution in [0, 0.1) is 0 Å². The van der Waals surface area contributed by atoms with Gasteiger partial charge in [-0.05, 0) is 45.2 Å². The summed E-state index contributed by atoms with van der Waals surface area (Å²) in [7, 11) is 1.31. The number of aliphatic hydroxyl groups is 1. The summed E-state index contributed by atoms with van der Waals surface area (Å²) < 4.78 is 10.2. The minimum Gasteiger partial charge on any atom is -0.464 e. The van der Waals surface area contributed by atoms with Gasteiger partial charge < -0.3 is 14.6 Å². The van der Waals surface area contributed by atoms with Gasteiger partial charge in [0.15, 0.2) is 0 Å². The molecule has 7 nitrogen and oxygen atoms in total. The number of ether oxygens (including phenoxy) is 2. The van der Waals surface area contributed by atoms with Crippen molar-refractivity contribution in [3.05, 3.63) is 29.1 Å². The second-order valence-corrected chi connectivity index (χ2v) is 7.73. The molecule has 0 spiro atoms. The van der Waals surface area contributed by atoms with Crippen molar-refractivity contribution in [3.63, 3.8) is 0 Å². The summed E-state index contributed by atoms with van der Waals surface area (Å²) in [5.74, 6) is -0.501. The first-order chi connectivity index (χ1) is 11.6. The zero-order chi connectivity index (χ0) is 18.4. The maximum atomic E-state index is 12.6. The van der Waals surface area contributed by atoms with Crippen molar-refractivity contribution in [1.82, 2.24) is 9.88 Å². The summed E-state index contributed by atoms with van der Waals surface area (Å²) in [4.78, 5) is 30.3. The molecule has 136 valence electrons. The monoisotopic (exact) mass is 348 g/mol. The number of carbonyl (C=O) groups excluding carboxylic acids is 2. The van der Waals surface area contributed by atoms with Crippen molar-refractivity contribution < 1.29 is 24.2 Å². The van der Waals surface area contributed by atoms with E-state index >= 15 is 0 Å². The number of aromatic nitrogens is 1. The maximum Gasteiger partial charge on any atom is 0.410 e. The Balaban J connectivity index is 1.91. The quantitative estimate of drug-likeness (QED) is 0.823. The van der Waals surface area contributed by atoms with Crippen LogP contribution in [0.25, 0.3) is 0 Å². The van der Waals surface area contributed by atoms with Crippen molar-refractivity contribution in [3.8, 4) is 0 Å². The van der Waals surface area contributed by atoms with E-state index in [-0.39, 0.29) is 5.69 Å². The molecular weight excluding hydrogens is 324 g/mol. The molecule has 7 heteroatoms. The summed E-state index contributed by atoms with van der Waals surface area (Å²) in [5, 5.41) is 10.7. The third kappa shape index (κ3) is 3.61. The predicted molar refractivity (Wildman–Crippen MR) is 89.0 cm³/mol. The standard InChI is InChI=1S/C18H24N2O5/c1-17(2,3)25-16(22)20-10-11-5-6-12(15(21)24-4)19-13(11)9-14(20)18(23)7-8-18/h5-6,14,23H,7-10H2,1-4H3. The van der Waals surface area contributed by atoms with E-state index in [4.69, 9.17) is 9.47 Å². The Hall–Kier alpha value is -2.15. The number of hydrogen-bond acceptors (Lipinski definition) is 6. The summed E-state index contributed by atoms with van der Waals surface area (Å²) in [5.41, 5.74) is 0.277. The fourth-order valence-corrected chi connectivity index (χ4v) is 3.11. The summed E-state index contributed by atoms with van der Waals surface area (Å²) in [6.07, 6.45) is 1.22. The molecule has 1 aromatic heterocycles. The first kappa shape index (κ1) is 17.7. The lowest BCUT2D eigenvalue weighted by Crippen LogP contribution is -2.53. The SMILES string of the molecule is COC(=O)c1ccc2c(n1)CC(C1(O)CC1)N(C(=O)OC(C)(C)C)C2. The average molecular weight is 348 g/mol. The highest BCUT2D eigenvalue weighted by atomic mass is 16.6. The van der Waals surface area contributed by atoms with Crippen LogP contribution in [0.1, 0.15) is 55.4 Å². The second-order valence-electron chi connectivity index (χ2n) is 7.73. The van der Waals surface area contributed by atoms with E-state index < -0.39 is 29.3 Å². The van der Waals surface area contributed by atoms with Gasteiger partial charge in [-0.3, -0.25) is 4.90 Å². The van der Waals surface area contributed by atoms with Gasteiger partial charge in [-0.15, -0.1) is 0 Å². The van der Waals surface area contributed by atoms with Crippen molar-refractivity contribution in [2.24, 2.45) is 0 Å². The van der Waals surface area contributed by atoms with E-state index in [1.807, 2.05) is 20.8 Å². The average Bonchev–Trinajstić information content (AvgIpc) is 3.29. The van der Waals surface area contributed by atoms with Gasteiger partial charge in [0, 0.05) is 12.1 Å². The molecule has 0 saturated heterocycles. The van der Waals surface area contributed by atoms with Gasteiger partial charge in [0.1, 0.15) is 11.3 Å². The van der Waals surface area contributed by atoms with Crippen molar-refractivity contribution in [1.29, 1.82) is 0 Å². The molecule has 1 saturated carbocycles. The number of rotatable bonds is 2.